The van der Waals surface area contributed by atoms with Crippen LogP contribution >= 0.6 is 0 Å². The molecule has 138 valence electrons. The molecule has 1 aromatic carbocycles. The Morgan fingerprint density at radius 3 is 2.77 bits per heavy atom. The van der Waals surface area contributed by atoms with E-state index in [2.05, 4.69) is 0 Å². The highest BCUT2D eigenvalue weighted by atomic mass is 16.6. The second kappa shape index (κ2) is 6.13. The SMILES string of the molecule is CCOC(=O)[C@H]1[C@H]2C(=O)N([C@@H](C)c3ccc(OC)cc3)C[C@]23C=C[C@H]1O3. The summed E-state index contributed by atoms with van der Waals surface area (Å²) in [7, 11) is 1.62. The minimum atomic E-state index is -0.708. The van der Waals surface area contributed by atoms with Crippen LogP contribution in [0, 0.1) is 11.8 Å². The summed E-state index contributed by atoms with van der Waals surface area (Å²) in [6.07, 6.45) is 3.49. The van der Waals surface area contributed by atoms with Gasteiger partial charge >= 0.3 is 5.97 Å². The largest absolute Gasteiger partial charge is 0.497 e. The van der Waals surface area contributed by atoms with E-state index in [1.807, 2.05) is 48.2 Å². The molecule has 2 fully saturated rings. The fourth-order valence-corrected chi connectivity index (χ4v) is 4.43. The molecule has 1 spiro atoms. The van der Waals surface area contributed by atoms with Crippen LogP contribution in [-0.4, -0.2) is 48.7 Å². The van der Waals surface area contributed by atoms with Gasteiger partial charge < -0.3 is 19.1 Å². The van der Waals surface area contributed by atoms with Crippen LogP contribution in [0.15, 0.2) is 36.4 Å². The summed E-state index contributed by atoms with van der Waals surface area (Å²) in [4.78, 5) is 27.4. The molecule has 5 atom stereocenters. The van der Waals surface area contributed by atoms with Crippen molar-refractivity contribution in [2.45, 2.75) is 31.6 Å². The lowest BCUT2D eigenvalue weighted by molar-refractivity contribution is -0.153. The van der Waals surface area contributed by atoms with E-state index in [0.29, 0.717) is 13.2 Å². The molecule has 3 aliphatic heterocycles. The summed E-state index contributed by atoms with van der Waals surface area (Å²) < 4.78 is 16.5. The van der Waals surface area contributed by atoms with Crippen molar-refractivity contribution >= 4 is 11.9 Å². The zero-order chi connectivity index (χ0) is 18.5. The fraction of sp³-hybridized carbons (Fsp3) is 0.500. The van der Waals surface area contributed by atoms with E-state index >= 15 is 0 Å². The van der Waals surface area contributed by atoms with Gasteiger partial charge in [-0.25, -0.2) is 0 Å². The van der Waals surface area contributed by atoms with Crippen LogP contribution in [0.3, 0.4) is 0 Å². The van der Waals surface area contributed by atoms with E-state index in [4.69, 9.17) is 14.2 Å². The van der Waals surface area contributed by atoms with Crippen LogP contribution in [0.4, 0.5) is 0 Å². The van der Waals surface area contributed by atoms with Crippen molar-refractivity contribution in [1.29, 1.82) is 0 Å². The maximum absolute atomic E-state index is 13.2. The number of fused-ring (bicyclic) bond motifs is 1. The smallest absolute Gasteiger partial charge is 0.312 e. The van der Waals surface area contributed by atoms with Crippen LogP contribution in [0.5, 0.6) is 5.75 Å². The van der Waals surface area contributed by atoms with E-state index in [1.165, 1.54) is 0 Å². The molecule has 0 saturated carbocycles. The molecule has 0 N–H and O–H groups in total. The lowest BCUT2D eigenvalue weighted by Crippen LogP contribution is -2.40. The molecule has 26 heavy (non-hydrogen) atoms. The van der Waals surface area contributed by atoms with Gasteiger partial charge in [-0.05, 0) is 31.5 Å². The molecule has 0 radical (unpaired) electrons. The zero-order valence-corrected chi connectivity index (χ0v) is 15.2. The molecule has 1 amide bonds. The number of hydrogen-bond acceptors (Lipinski definition) is 5. The number of amides is 1. The van der Waals surface area contributed by atoms with Crippen molar-refractivity contribution in [3.63, 3.8) is 0 Å². The summed E-state index contributed by atoms with van der Waals surface area (Å²) >= 11 is 0. The number of ether oxygens (including phenoxy) is 3. The van der Waals surface area contributed by atoms with Gasteiger partial charge in [0.1, 0.15) is 17.3 Å². The first-order valence-electron chi connectivity index (χ1n) is 8.99. The van der Waals surface area contributed by atoms with Crippen LogP contribution in [-0.2, 0) is 19.1 Å². The first-order chi connectivity index (χ1) is 12.5. The molecular weight excluding hydrogens is 334 g/mol. The highest BCUT2D eigenvalue weighted by Crippen LogP contribution is 2.53. The van der Waals surface area contributed by atoms with Crippen LogP contribution in [0.25, 0.3) is 0 Å². The fourth-order valence-electron chi connectivity index (χ4n) is 4.43. The number of rotatable bonds is 5. The highest BCUT2D eigenvalue weighted by molar-refractivity contribution is 5.91. The Kier molecular flexibility index (Phi) is 4.03. The number of carbonyl (C=O) groups excluding carboxylic acids is 2. The van der Waals surface area contributed by atoms with Gasteiger partial charge in [-0.3, -0.25) is 9.59 Å². The molecule has 2 saturated heterocycles. The molecule has 3 heterocycles. The summed E-state index contributed by atoms with van der Waals surface area (Å²) in [6, 6.07) is 7.57. The quantitative estimate of drug-likeness (QED) is 0.596. The van der Waals surface area contributed by atoms with Crippen molar-refractivity contribution in [2.75, 3.05) is 20.3 Å². The van der Waals surface area contributed by atoms with Gasteiger partial charge in [-0.15, -0.1) is 0 Å². The number of likely N-dealkylation sites (tertiary alicyclic amines) is 1. The predicted octanol–water partition coefficient (Wildman–Crippen LogP) is 2.10. The number of carbonyl (C=O) groups is 2. The minimum absolute atomic E-state index is 0.0433. The molecule has 1 aromatic rings. The highest BCUT2D eigenvalue weighted by Gasteiger charge is 2.67. The Balaban J connectivity index is 1.60. The van der Waals surface area contributed by atoms with Gasteiger partial charge in [0.15, 0.2) is 0 Å². The van der Waals surface area contributed by atoms with Crippen molar-refractivity contribution in [2.24, 2.45) is 11.8 Å². The summed E-state index contributed by atoms with van der Waals surface area (Å²) in [5.41, 5.74) is 0.307. The zero-order valence-electron chi connectivity index (χ0n) is 15.2. The van der Waals surface area contributed by atoms with Gasteiger partial charge in [0.05, 0.1) is 38.3 Å². The predicted molar refractivity (Wildman–Crippen MR) is 93.5 cm³/mol. The van der Waals surface area contributed by atoms with Crippen molar-refractivity contribution in [3.05, 3.63) is 42.0 Å². The lowest BCUT2D eigenvalue weighted by Gasteiger charge is -2.27. The number of benzene rings is 1. The second-order valence-electron chi connectivity index (χ2n) is 7.07. The Morgan fingerprint density at radius 2 is 2.12 bits per heavy atom. The van der Waals surface area contributed by atoms with E-state index in [-0.39, 0.29) is 24.0 Å². The first-order valence-corrected chi connectivity index (χ1v) is 8.99. The van der Waals surface area contributed by atoms with Crippen LogP contribution in [0.2, 0.25) is 0 Å². The van der Waals surface area contributed by atoms with Crippen molar-refractivity contribution in [3.8, 4) is 5.75 Å². The summed E-state index contributed by atoms with van der Waals surface area (Å²) in [5, 5.41) is 0. The Morgan fingerprint density at radius 1 is 1.38 bits per heavy atom. The van der Waals surface area contributed by atoms with Gasteiger partial charge in [-0.1, -0.05) is 24.3 Å². The minimum Gasteiger partial charge on any atom is -0.497 e. The average Bonchev–Trinajstić information content (AvgIpc) is 3.29. The molecule has 6 heteroatoms. The third kappa shape index (κ3) is 2.35. The first kappa shape index (κ1) is 17.1. The normalized spacial score (nSPS) is 32.7. The van der Waals surface area contributed by atoms with Crippen molar-refractivity contribution in [1.82, 2.24) is 4.90 Å². The summed E-state index contributed by atoms with van der Waals surface area (Å²) in [5.74, 6) is -0.673. The molecule has 0 aromatic heterocycles. The number of esters is 1. The third-order valence-corrected chi connectivity index (χ3v) is 5.75. The molecule has 0 unspecified atom stereocenters. The monoisotopic (exact) mass is 357 g/mol. The average molecular weight is 357 g/mol. The molecule has 0 aliphatic carbocycles. The number of methoxy groups -OCH3 is 1. The van der Waals surface area contributed by atoms with Gasteiger partial charge in [-0.2, -0.15) is 0 Å². The van der Waals surface area contributed by atoms with E-state index < -0.39 is 17.4 Å². The second-order valence-corrected chi connectivity index (χ2v) is 7.07. The van der Waals surface area contributed by atoms with Gasteiger partial charge in [0, 0.05) is 0 Å². The maximum Gasteiger partial charge on any atom is 0.312 e. The maximum atomic E-state index is 13.2. The van der Waals surface area contributed by atoms with E-state index in [1.54, 1.807) is 14.0 Å². The molecule has 6 nitrogen and oxygen atoms in total. The molecule has 2 bridgehead atoms. The van der Waals surface area contributed by atoms with E-state index in [9.17, 15) is 9.59 Å². The van der Waals surface area contributed by atoms with Gasteiger partial charge in [0.25, 0.3) is 0 Å². The Hall–Kier alpha value is -2.34. The Bertz CT molecular complexity index is 758. The van der Waals surface area contributed by atoms with E-state index in [0.717, 1.165) is 11.3 Å². The summed E-state index contributed by atoms with van der Waals surface area (Å²) in [6.45, 7) is 4.51. The Labute approximate surface area is 152 Å². The van der Waals surface area contributed by atoms with Crippen molar-refractivity contribution < 1.29 is 23.8 Å². The standard InChI is InChI=1S/C20H23NO5/c1-4-25-19(23)16-15-9-10-20(26-15)11-21(18(22)17(16)20)12(2)13-5-7-14(24-3)8-6-13/h5-10,12,15-17H,4,11H2,1-3H3/t12-,15+,16+,17-,20+/m0/s1. The van der Waals surface area contributed by atoms with Gasteiger partial charge in [0.2, 0.25) is 5.91 Å². The number of nitrogens with zero attached hydrogens (tertiary/aromatic N) is 1. The molecule has 3 aliphatic rings. The topological polar surface area (TPSA) is 65.1 Å². The third-order valence-electron chi connectivity index (χ3n) is 5.75. The number of hydrogen-bond donors (Lipinski definition) is 0. The van der Waals surface area contributed by atoms with Crippen LogP contribution in [0.1, 0.15) is 25.5 Å². The molecule has 4 rings (SSSR count). The van der Waals surface area contributed by atoms with Crippen LogP contribution < -0.4 is 4.74 Å². The molecular formula is C20H23NO5. The lowest BCUT2D eigenvalue weighted by atomic mass is 9.77.